The lowest BCUT2D eigenvalue weighted by Gasteiger charge is -2.11. The summed E-state index contributed by atoms with van der Waals surface area (Å²) in [4.78, 5) is 12.7. The first-order chi connectivity index (χ1) is 9.19. The standard InChI is InChI=1S/C14H20N2O2S.ClH/c1-18-11-4-6-12(7-5-11)19-9-14(17)16-8-13(15)10-2-3-10;/h4-7,10,13H,2-3,8-9,15H2,1H3,(H,16,17);1H. The predicted octanol–water partition coefficient (Wildman–Crippen LogP) is 2.06. The molecule has 0 bridgehead atoms. The van der Waals surface area contributed by atoms with Crippen LogP contribution < -0.4 is 15.8 Å². The predicted molar refractivity (Wildman–Crippen MR) is 84.7 cm³/mol. The van der Waals surface area contributed by atoms with Crippen LogP contribution in [0.15, 0.2) is 29.2 Å². The van der Waals surface area contributed by atoms with E-state index < -0.39 is 0 Å². The van der Waals surface area contributed by atoms with Crippen LogP contribution in [0, 0.1) is 5.92 Å². The maximum absolute atomic E-state index is 11.7. The molecule has 1 aromatic rings. The van der Waals surface area contributed by atoms with Crippen molar-refractivity contribution in [2.45, 2.75) is 23.8 Å². The third-order valence-corrected chi connectivity index (χ3v) is 4.20. The van der Waals surface area contributed by atoms with Gasteiger partial charge in [0.15, 0.2) is 0 Å². The van der Waals surface area contributed by atoms with Crippen LogP contribution in [0.25, 0.3) is 0 Å². The molecule has 0 saturated heterocycles. The number of hydrogen-bond acceptors (Lipinski definition) is 4. The minimum Gasteiger partial charge on any atom is -0.497 e. The molecule has 1 atom stereocenters. The Labute approximate surface area is 130 Å². The fourth-order valence-electron chi connectivity index (χ4n) is 1.79. The smallest absolute Gasteiger partial charge is 0.230 e. The molecule has 2 rings (SSSR count). The highest BCUT2D eigenvalue weighted by atomic mass is 35.5. The third-order valence-electron chi connectivity index (χ3n) is 3.19. The summed E-state index contributed by atoms with van der Waals surface area (Å²) >= 11 is 1.51. The molecule has 1 aromatic carbocycles. The minimum absolute atomic E-state index is 0. The molecule has 6 heteroatoms. The summed E-state index contributed by atoms with van der Waals surface area (Å²) in [7, 11) is 1.64. The maximum Gasteiger partial charge on any atom is 0.230 e. The van der Waals surface area contributed by atoms with Crippen molar-refractivity contribution >= 4 is 30.1 Å². The van der Waals surface area contributed by atoms with E-state index in [4.69, 9.17) is 10.5 Å². The van der Waals surface area contributed by atoms with Crippen molar-refractivity contribution in [1.82, 2.24) is 5.32 Å². The second-order valence-electron chi connectivity index (χ2n) is 4.77. The van der Waals surface area contributed by atoms with E-state index in [1.54, 1.807) is 7.11 Å². The van der Waals surface area contributed by atoms with Gasteiger partial charge in [-0.2, -0.15) is 0 Å². The Morgan fingerprint density at radius 2 is 2.10 bits per heavy atom. The Bertz CT molecular complexity index is 424. The third kappa shape index (κ3) is 5.61. The molecule has 0 aromatic heterocycles. The van der Waals surface area contributed by atoms with Gasteiger partial charge in [-0.1, -0.05) is 0 Å². The lowest BCUT2D eigenvalue weighted by atomic mass is 10.2. The highest BCUT2D eigenvalue weighted by molar-refractivity contribution is 8.00. The molecule has 0 heterocycles. The van der Waals surface area contributed by atoms with Gasteiger partial charge in [-0.15, -0.1) is 24.2 Å². The van der Waals surface area contributed by atoms with Gasteiger partial charge in [-0.25, -0.2) is 0 Å². The highest BCUT2D eigenvalue weighted by Gasteiger charge is 2.28. The zero-order valence-electron chi connectivity index (χ0n) is 11.5. The van der Waals surface area contributed by atoms with Gasteiger partial charge in [-0.3, -0.25) is 4.79 Å². The molecule has 0 radical (unpaired) electrons. The van der Waals surface area contributed by atoms with Crippen molar-refractivity contribution < 1.29 is 9.53 Å². The topological polar surface area (TPSA) is 64.3 Å². The second-order valence-corrected chi connectivity index (χ2v) is 5.82. The van der Waals surface area contributed by atoms with Crippen molar-refractivity contribution in [2.24, 2.45) is 11.7 Å². The fourth-order valence-corrected chi connectivity index (χ4v) is 2.52. The van der Waals surface area contributed by atoms with E-state index in [1.165, 1.54) is 24.6 Å². The molecular weight excluding hydrogens is 296 g/mol. The van der Waals surface area contributed by atoms with Crippen molar-refractivity contribution in [1.29, 1.82) is 0 Å². The highest BCUT2D eigenvalue weighted by Crippen LogP contribution is 2.31. The first-order valence-electron chi connectivity index (χ1n) is 6.48. The number of nitrogens with two attached hydrogens (primary N) is 1. The number of rotatable bonds is 7. The van der Waals surface area contributed by atoms with Gasteiger partial charge < -0.3 is 15.8 Å². The first-order valence-corrected chi connectivity index (χ1v) is 7.46. The number of thioether (sulfide) groups is 1. The van der Waals surface area contributed by atoms with Crippen LogP contribution in [0.2, 0.25) is 0 Å². The number of halogens is 1. The van der Waals surface area contributed by atoms with Crippen molar-refractivity contribution in [3.05, 3.63) is 24.3 Å². The first kappa shape index (κ1) is 17.1. The molecule has 1 fully saturated rings. The van der Waals surface area contributed by atoms with Crippen LogP contribution in [0.5, 0.6) is 5.75 Å². The Kier molecular flexibility index (Phi) is 7.19. The van der Waals surface area contributed by atoms with Crippen LogP contribution in [-0.2, 0) is 4.79 Å². The van der Waals surface area contributed by atoms with E-state index >= 15 is 0 Å². The Balaban J connectivity index is 0.00000200. The molecule has 1 amide bonds. The molecule has 0 spiro atoms. The SMILES string of the molecule is COc1ccc(SCC(=O)NCC(N)C2CC2)cc1.Cl. The lowest BCUT2D eigenvalue weighted by molar-refractivity contribution is -0.118. The molecule has 0 aliphatic heterocycles. The number of nitrogens with one attached hydrogen (secondary N) is 1. The van der Waals surface area contributed by atoms with Crippen LogP contribution >= 0.6 is 24.2 Å². The minimum atomic E-state index is 0. The summed E-state index contributed by atoms with van der Waals surface area (Å²) in [5, 5.41) is 2.89. The van der Waals surface area contributed by atoms with Crippen LogP contribution in [0.3, 0.4) is 0 Å². The second kappa shape index (κ2) is 8.39. The zero-order chi connectivity index (χ0) is 13.7. The van der Waals surface area contributed by atoms with Crippen LogP contribution in [0.1, 0.15) is 12.8 Å². The Morgan fingerprint density at radius 3 is 2.65 bits per heavy atom. The molecule has 112 valence electrons. The van der Waals surface area contributed by atoms with E-state index in [1.807, 2.05) is 24.3 Å². The van der Waals surface area contributed by atoms with Gasteiger partial charge in [0.25, 0.3) is 0 Å². The Morgan fingerprint density at radius 1 is 1.45 bits per heavy atom. The molecule has 1 aliphatic carbocycles. The maximum atomic E-state index is 11.7. The quantitative estimate of drug-likeness (QED) is 0.756. The van der Waals surface area contributed by atoms with E-state index in [0.717, 1.165) is 10.6 Å². The van der Waals surface area contributed by atoms with E-state index in [9.17, 15) is 4.79 Å². The summed E-state index contributed by atoms with van der Waals surface area (Å²) in [6, 6.07) is 7.81. The summed E-state index contributed by atoms with van der Waals surface area (Å²) in [5.41, 5.74) is 5.93. The monoisotopic (exact) mass is 316 g/mol. The lowest BCUT2D eigenvalue weighted by Crippen LogP contribution is -2.39. The summed E-state index contributed by atoms with van der Waals surface area (Å²) in [6.07, 6.45) is 2.41. The van der Waals surface area contributed by atoms with Gasteiger partial charge in [0, 0.05) is 17.5 Å². The number of methoxy groups -OCH3 is 1. The summed E-state index contributed by atoms with van der Waals surface area (Å²) in [5.74, 6) is 1.90. The van der Waals surface area contributed by atoms with Crippen molar-refractivity contribution in [3.63, 3.8) is 0 Å². The van der Waals surface area contributed by atoms with E-state index in [2.05, 4.69) is 5.32 Å². The number of ether oxygens (including phenoxy) is 1. The average molecular weight is 317 g/mol. The molecule has 3 N–H and O–H groups in total. The van der Waals surface area contributed by atoms with Crippen molar-refractivity contribution in [2.75, 3.05) is 19.4 Å². The van der Waals surface area contributed by atoms with Gasteiger partial charge in [-0.05, 0) is 43.0 Å². The largest absolute Gasteiger partial charge is 0.497 e. The number of amides is 1. The summed E-state index contributed by atoms with van der Waals surface area (Å²) < 4.78 is 5.09. The van der Waals surface area contributed by atoms with Gasteiger partial charge in [0.1, 0.15) is 5.75 Å². The molecular formula is C14H21ClN2O2S. The fraction of sp³-hybridized carbons (Fsp3) is 0.500. The molecule has 1 saturated carbocycles. The molecule has 1 aliphatic rings. The molecule has 20 heavy (non-hydrogen) atoms. The van der Waals surface area contributed by atoms with E-state index in [-0.39, 0.29) is 24.4 Å². The van der Waals surface area contributed by atoms with Gasteiger partial charge >= 0.3 is 0 Å². The Hall–Kier alpha value is -0.910. The number of benzene rings is 1. The van der Waals surface area contributed by atoms with E-state index in [0.29, 0.717) is 18.2 Å². The average Bonchev–Trinajstić information content (AvgIpc) is 3.27. The molecule has 1 unspecified atom stereocenters. The van der Waals surface area contributed by atoms with Gasteiger partial charge in [0.05, 0.1) is 12.9 Å². The normalized spacial score (nSPS) is 15.1. The number of hydrogen-bond donors (Lipinski definition) is 2. The van der Waals surface area contributed by atoms with Gasteiger partial charge in [0.2, 0.25) is 5.91 Å². The van der Waals surface area contributed by atoms with Crippen LogP contribution in [-0.4, -0.2) is 31.4 Å². The van der Waals surface area contributed by atoms with Crippen molar-refractivity contribution in [3.8, 4) is 5.75 Å². The molecule has 4 nitrogen and oxygen atoms in total. The summed E-state index contributed by atoms with van der Waals surface area (Å²) in [6.45, 7) is 0.590. The van der Waals surface area contributed by atoms with Crippen LogP contribution in [0.4, 0.5) is 0 Å². The number of carbonyl (C=O) groups is 1. The number of carbonyl (C=O) groups excluding carboxylic acids is 1. The zero-order valence-corrected chi connectivity index (χ0v) is 13.1.